The van der Waals surface area contributed by atoms with Gasteiger partial charge >= 0.3 is 0 Å². The topological polar surface area (TPSA) is 79.9 Å². The molecule has 0 aliphatic carbocycles. The molecule has 0 bridgehead atoms. The van der Waals surface area contributed by atoms with Crippen LogP contribution in [0, 0.1) is 0 Å². The maximum atomic E-state index is 12.7. The summed E-state index contributed by atoms with van der Waals surface area (Å²) in [5.74, 6) is 1.13. The lowest BCUT2D eigenvalue weighted by molar-refractivity contribution is -0.118. The summed E-state index contributed by atoms with van der Waals surface area (Å²) in [6.07, 6.45) is 3.02. The van der Waals surface area contributed by atoms with Crippen LogP contribution in [0.1, 0.15) is 42.1 Å². The smallest absolute Gasteiger partial charge is 0.251 e. The Morgan fingerprint density at radius 3 is 2.87 bits per heavy atom. The van der Waals surface area contributed by atoms with Gasteiger partial charge in [0.1, 0.15) is 6.04 Å². The van der Waals surface area contributed by atoms with Crippen molar-refractivity contribution < 1.29 is 19.1 Å². The Labute approximate surface area is 176 Å². The van der Waals surface area contributed by atoms with Crippen LogP contribution >= 0.6 is 0 Å². The zero-order chi connectivity index (χ0) is 21.1. The predicted octanol–water partition coefficient (Wildman–Crippen LogP) is 3.33. The molecule has 2 heterocycles. The molecular weight excluding hydrogens is 382 g/mol. The van der Waals surface area contributed by atoms with Gasteiger partial charge in [0.05, 0.1) is 25.1 Å². The molecule has 0 aromatic heterocycles. The minimum Gasteiger partial charge on any atom is -0.493 e. The summed E-state index contributed by atoms with van der Waals surface area (Å²) in [5, 5.41) is 5.91. The fourth-order valence-corrected chi connectivity index (χ4v) is 4.12. The van der Waals surface area contributed by atoms with Crippen LogP contribution < -0.4 is 25.0 Å². The van der Waals surface area contributed by atoms with Crippen molar-refractivity contribution in [2.75, 3.05) is 30.5 Å². The maximum Gasteiger partial charge on any atom is 0.251 e. The third-order valence-electron chi connectivity index (χ3n) is 5.61. The number of hydrogen-bond acceptors (Lipinski definition) is 5. The van der Waals surface area contributed by atoms with Crippen LogP contribution in [0.4, 0.5) is 11.4 Å². The van der Waals surface area contributed by atoms with E-state index in [0.29, 0.717) is 35.9 Å². The van der Waals surface area contributed by atoms with E-state index in [2.05, 4.69) is 15.5 Å². The van der Waals surface area contributed by atoms with Gasteiger partial charge in [-0.3, -0.25) is 9.59 Å². The van der Waals surface area contributed by atoms with Crippen molar-refractivity contribution >= 4 is 23.2 Å². The minimum absolute atomic E-state index is 0.0152. The first-order valence-corrected chi connectivity index (χ1v) is 10.4. The summed E-state index contributed by atoms with van der Waals surface area (Å²) < 4.78 is 10.9. The number of piperidine rings is 1. The molecule has 2 amide bonds. The molecule has 2 aliphatic rings. The van der Waals surface area contributed by atoms with E-state index >= 15 is 0 Å². The third kappa shape index (κ3) is 3.92. The standard InChI is InChI=1S/C23H27N3O4/c1-3-30-21-12-15(7-10-20(21)29-2)14-24-22(27)16-8-9-18-17(13-16)25-23(28)19-6-4-5-11-26(18)19/h7-10,12-13,19H,3-6,11,14H2,1-2H3,(H,24,27)(H,25,28). The van der Waals surface area contributed by atoms with Crippen LogP contribution in [-0.2, 0) is 11.3 Å². The fourth-order valence-electron chi connectivity index (χ4n) is 4.12. The van der Waals surface area contributed by atoms with Crippen molar-refractivity contribution in [1.82, 2.24) is 5.32 Å². The maximum absolute atomic E-state index is 12.7. The lowest BCUT2D eigenvalue weighted by Gasteiger charge is -2.41. The van der Waals surface area contributed by atoms with Gasteiger partial charge in [-0.05, 0) is 62.1 Å². The van der Waals surface area contributed by atoms with E-state index in [0.717, 1.165) is 37.1 Å². The molecule has 1 fully saturated rings. The van der Waals surface area contributed by atoms with E-state index in [1.807, 2.05) is 37.3 Å². The molecular formula is C23H27N3O4. The van der Waals surface area contributed by atoms with Crippen molar-refractivity contribution in [2.45, 2.75) is 38.8 Å². The van der Waals surface area contributed by atoms with Crippen LogP contribution in [0.3, 0.4) is 0 Å². The Bertz CT molecular complexity index is 959. The molecule has 2 aromatic carbocycles. The van der Waals surface area contributed by atoms with Crippen molar-refractivity contribution in [3.8, 4) is 11.5 Å². The third-order valence-corrected chi connectivity index (χ3v) is 5.61. The van der Waals surface area contributed by atoms with Crippen molar-refractivity contribution in [3.63, 3.8) is 0 Å². The number of nitrogens with one attached hydrogen (secondary N) is 2. The molecule has 1 atom stereocenters. The molecule has 2 aromatic rings. The summed E-state index contributed by atoms with van der Waals surface area (Å²) in [6.45, 7) is 3.68. The average molecular weight is 409 g/mol. The van der Waals surface area contributed by atoms with Crippen LogP contribution in [0.25, 0.3) is 0 Å². The Morgan fingerprint density at radius 1 is 1.20 bits per heavy atom. The van der Waals surface area contributed by atoms with Gasteiger partial charge in [-0.1, -0.05) is 6.07 Å². The van der Waals surface area contributed by atoms with Crippen molar-refractivity contribution in [2.24, 2.45) is 0 Å². The first kappa shape index (κ1) is 20.1. The molecule has 7 heteroatoms. The van der Waals surface area contributed by atoms with Gasteiger partial charge in [0.2, 0.25) is 5.91 Å². The predicted molar refractivity (Wildman–Crippen MR) is 115 cm³/mol. The first-order chi connectivity index (χ1) is 14.6. The Hall–Kier alpha value is -3.22. The van der Waals surface area contributed by atoms with Gasteiger partial charge in [-0.15, -0.1) is 0 Å². The number of rotatable bonds is 6. The normalized spacial score (nSPS) is 17.5. The molecule has 0 radical (unpaired) electrons. The molecule has 4 rings (SSSR count). The molecule has 0 spiro atoms. The number of ether oxygens (including phenoxy) is 2. The zero-order valence-electron chi connectivity index (χ0n) is 17.4. The molecule has 0 saturated carbocycles. The average Bonchev–Trinajstić information content (AvgIpc) is 2.77. The number of anilines is 2. The van der Waals surface area contributed by atoms with Gasteiger partial charge in [-0.2, -0.15) is 0 Å². The van der Waals surface area contributed by atoms with Crippen LogP contribution in [0.15, 0.2) is 36.4 Å². The number of methoxy groups -OCH3 is 1. The van der Waals surface area contributed by atoms with E-state index in [4.69, 9.17) is 9.47 Å². The van der Waals surface area contributed by atoms with Crippen LogP contribution in [0.5, 0.6) is 11.5 Å². The number of amides is 2. The molecule has 158 valence electrons. The Morgan fingerprint density at radius 2 is 2.07 bits per heavy atom. The number of carbonyl (C=O) groups excluding carboxylic acids is 2. The van der Waals surface area contributed by atoms with E-state index < -0.39 is 0 Å². The highest BCUT2D eigenvalue weighted by Gasteiger charge is 2.34. The molecule has 7 nitrogen and oxygen atoms in total. The number of carbonyl (C=O) groups is 2. The lowest BCUT2D eigenvalue weighted by Crippen LogP contribution is -2.50. The highest BCUT2D eigenvalue weighted by Crippen LogP contribution is 2.36. The second kappa shape index (κ2) is 8.65. The van der Waals surface area contributed by atoms with Gasteiger partial charge in [0, 0.05) is 18.7 Å². The SMILES string of the molecule is CCOc1cc(CNC(=O)c2ccc3c(c2)NC(=O)C2CCCCN32)ccc1OC. The number of hydrogen-bond donors (Lipinski definition) is 2. The van der Waals surface area contributed by atoms with Gasteiger partial charge < -0.3 is 25.0 Å². The van der Waals surface area contributed by atoms with E-state index in [-0.39, 0.29) is 17.9 Å². The summed E-state index contributed by atoms with van der Waals surface area (Å²) >= 11 is 0. The molecule has 2 aliphatic heterocycles. The summed E-state index contributed by atoms with van der Waals surface area (Å²) in [6, 6.07) is 11.0. The quantitative estimate of drug-likeness (QED) is 0.765. The highest BCUT2D eigenvalue weighted by atomic mass is 16.5. The van der Waals surface area contributed by atoms with Crippen molar-refractivity contribution in [3.05, 3.63) is 47.5 Å². The van der Waals surface area contributed by atoms with Gasteiger partial charge in [0.15, 0.2) is 11.5 Å². The summed E-state index contributed by atoms with van der Waals surface area (Å²) in [5.41, 5.74) is 3.12. The molecule has 1 saturated heterocycles. The number of benzene rings is 2. The second-order valence-corrected chi connectivity index (χ2v) is 7.53. The van der Waals surface area contributed by atoms with Crippen LogP contribution in [-0.4, -0.2) is 38.1 Å². The Balaban J connectivity index is 1.47. The van der Waals surface area contributed by atoms with Gasteiger partial charge in [-0.25, -0.2) is 0 Å². The number of fused-ring (bicyclic) bond motifs is 3. The summed E-state index contributed by atoms with van der Waals surface area (Å²) in [7, 11) is 1.60. The van der Waals surface area contributed by atoms with Crippen molar-refractivity contribution in [1.29, 1.82) is 0 Å². The minimum atomic E-state index is -0.193. The van der Waals surface area contributed by atoms with Crippen LogP contribution in [0.2, 0.25) is 0 Å². The molecule has 30 heavy (non-hydrogen) atoms. The van der Waals surface area contributed by atoms with Gasteiger partial charge in [0.25, 0.3) is 5.91 Å². The summed E-state index contributed by atoms with van der Waals surface area (Å²) in [4.78, 5) is 27.3. The monoisotopic (exact) mass is 409 g/mol. The van der Waals surface area contributed by atoms with E-state index in [1.54, 1.807) is 13.2 Å². The fraction of sp³-hybridized carbons (Fsp3) is 0.391. The largest absolute Gasteiger partial charge is 0.493 e. The van der Waals surface area contributed by atoms with E-state index in [9.17, 15) is 9.59 Å². The first-order valence-electron chi connectivity index (χ1n) is 10.4. The zero-order valence-corrected chi connectivity index (χ0v) is 17.4. The Kier molecular flexibility index (Phi) is 5.79. The molecule has 1 unspecified atom stereocenters. The lowest BCUT2D eigenvalue weighted by atomic mass is 9.97. The second-order valence-electron chi connectivity index (χ2n) is 7.53. The molecule has 2 N–H and O–H groups in total. The number of nitrogens with zero attached hydrogens (tertiary/aromatic N) is 1. The highest BCUT2D eigenvalue weighted by molar-refractivity contribution is 6.05. The van der Waals surface area contributed by atoms with E-state index in [1.165, 1.54) is 0 Å².